The Morgan fingerprint density at radius 2 is 1.57 bits per heavy atom. The van der Waals surface area contributed by atoms with Crippen LogP contribution in [0.25, 0.3) is 17.1 Å². The van der Waals surface area contributed by atoms with Crippen LogP contribution in [0, 0.1) is 0 Å². The minimum absolute atomic E-state index is 0.879. The molecule has 0 saturated carbocycles. The molecule has 5 heteroatoms. The van der Waals surface area contributed by atoms with Crippen LogP contribution >= 0.6 is 11.8 Å². The third kappa shape index (κ3) is 3.81. The lowest BCUT2D eigenvalue weighted by Gasteiger charge is -2.11. The lowest BCUT2D eigenvalue weighted by atomic mass is 10.2. The van der Waals surface area contributed by atoms with E-state index in [4.69, 9.17) is 0 Å². The molecule has 0 radical (unpaired) electrons. The van der Waals surface area contributed by atoms with Gasteiger partial charge < -0.3 is 4.90 Å². The van der Waals surface area contributed by atoms with Crippen molar-refractivity contribution < 1.29 is 0 Å². The van der Waals surface area contributed by atoms with Gasteiger partial charge in [0, 0.05) is 23.5 Å². The molecule has 4 nitrogen and oxygen atoms in total. The van der Waals surface area contributed by atoms with Crippen molar-refractivity contribution in [3.05, 3.63) is 60.7 Å². The fraction of sp³-hybridized carbons (Fsp3) is 0.222. The van der Waals surface area contributed by atoms with Gasteiger partial charge in [0.15, 0.2) is 11.0 Å². The van der Waals surface area contributed by atoms with Crippen molar-refractivity contribution in [3.8, 4) is 17.1 Å². The van der Waals surface area contributed by atoms with Gasteiger partial charge in [-0.2, -0.15) is 0 Å². The van der Waals surface area contributed by atoms with E-state index in [-0.39, 0.29) is 0 Å². The number of rotatable bonds is 6. The fourth-order valence-corrected chi connectivity index (χ4v) is 3.33. The smallest absolute Gasteiger partial charge is 0.196 e. The molecule has 23 heavy (non-hydrogen) atoms. The minimum Gasteiger partial charge on any atom is -0.309 e. The highest BCUT2D eigenvalue weighted by Crippen LogP contribution is 2.27. The highest BCUT2D eigenvalue weighted by Gasteiger charge is 2.15. The van der Waals surface area contributed by atoms with Crippen LogP contribution in [0.2, 0.25) is 0 Å². The summed E-state index contributed by atoms with van der Waals surface area (Å²) >= 11 is 1.73. The Bertz CT molecular complexity index is 738. The predicted octanol–water partition coefficient (Wildman–Crippen LogP) is 3.59. The Labute approximate surface area is 141 Å². The van der Waals surface area contributed by atoms with Crippen LogP contribution in [0.1, 0.15) is 0 Å². The Kier molecular flexibility index (Phi) is 5.10. The molecule has 0 bridgehead atoms. The summed E-state index contributed by atoms with van der Waals surface area (Å²) in [6.45, 7) is 1.01. The van der Waals surface area contributed by atoms with Crippen LogP contribution in [0.4, 0.5) is 0 Å². The van der Waals surface area contributed by atoms with E-state index in [2.05, 4.69) is 58.0 Å². The van der Waals surface area contributed by atoms with Gasteiger partial charge in [-0.3, -0.25) is 4.57 Å². The van der Waals surface area contributed by atoms with E-state index in [1.807, 2.05) is 36.4 Å². The Balaban J connectivity index is 1.99. The van der Waals surface area contributed by atoms with E-state index in [0.717, 1.165) is 34.5 Å². The summed E-state index contributed by atoms with van der Waals surface area (Å²) in [6, 6.07) is 20.5. The van der Waals surface area contributed by atoms with Crippen LogP contribution in [0.15, 0.2) is 65.8 Å². The summed E-state index contributed by atoms with van der Waals surface area (Å²) in [6.07, 6.45) is 0. The van der Waals surface area contributed by atoms with E-state index in [9.17, 15) is 0 Å². The van der Waals surface area contributed by atoms with Crippen molar-refractivity contribution in [3.63, 3.8) is 0 Å². The first-order valence-corrected chi connectivity index (χ1v) is 8.58. The molecular formula is C18H20N4S. The summed E-state index contributed by atoms with van der Waals surface area (Å²) in [5, 5.41) is 9.79. The average Bonchev–Trinajstić information content (AvgIpc) is 3.00. The predicted molar refractivity (Wildman–Crippen MR) is 96.1 cm³/mol. The zero-order valence-corrected chi connectivity index (χ0v) is 14.2. The monoisotopic (exact) mass is 324 g/mol. The molecule has 0 spiro atoms. The van der Waals surface area contributed by atoms with Gasteiger partial charge in [-0.05, 0) is 26.2 Å². The Morgan fingerprint density at radius 1 is 0.913 bits per heavy atom. The highest BCUT2D eigenvalue weighted by atomic mass is 32.2. The van der Waals surface area contributed by atoms with E-state index in [1.165, 1.54) is 0 Å². The second-order valence-corrected chi connectivity index (χ2v) is 6.56. The quantitative estimate of drug-likeness (QED) is 0.649. The first-order valence-electron chi connectivity index (χ1n) is 7.59. The van der Waals surface area contributed by atoms with Crippen LogP contribution in [0.3, 0.4) is 0 Å². The van der Waals surface area contributed by atoms with Gasteiger partial charge in [-0.15, -0.1) is 10.2 Å². The number of para-hydroxylation sites is 1. The standard InChI is InChI=1S/C18H20N4S/c1-21(2)13-14-23-18-20-19-17(15-9-5-3-6-10-15)22(18)16-11-7-4-8-12-16/h3-12H,13-14H2,1-2H3. The molecule has 1 heterocycles. The zero-order chi connectivity index (χ0) is 16.1. The van der Waals surface area contributed by atoms with Crippen LogP contribution < -0.4 is 0 Å². The van der Waals surface area contributed by atoms with Gasteiger partial charge in [0.25, 0.3) is 0 Å². The van der Waals surface area contributed by atoms with E-state index in [1.54, 1.807) is 11.8 Å². The maximum atomic E-state index is 4.44. The van der Waals surface area contributed by atoms with Gasteiger partial charge in [0.2, 0.25) is 0 Å². The van der Waals surface area contributed by atoms with E-state index < -0.39 is 0 Å². The molecule has 0 aliphatic rings. The summed E-state index contributed by atoms with van der Waals surface area (Å²) in [5.74, 6) is 1.86. The second-order valence-electron chi connectivity index (χ2n) is 5.49. The molecule has 1 aromatic heterocycles. The second kappa shape index (κ2) is 7.44. The molecule has 0 saturated heterocycles. The molecule has 0 aliphatic heterocycles. The average molecular weight is 324 g/mol. The summed E-state index contributed by atoms with van der Waals surface area (Å²) < 4.78 is 2.13. The van der Waals surface area contributed by atoms with Gasteiger partial charge >= 0.3 is 0 Å². The molecule has 0 N–H and O–H groups in total. The lowest BCUT2D eigenvalue weighted by Crippen LogP contribution is -2.15. The lowest BCUT2D eigenvalue weighted by molar-refractivity contribution is 0.437. The number of thioether (sulfide) groups is 1. The normalized spacial score (nSPS) is 11.1. The third-order valence-corrected chi connectivity index (χ3v) is 4.36. The van der Waals surface area contributed by atoms with E-state index >= 15 is 0 Å². The Morgan fingerprint density at radius 3 is 2.22 bits per heavy atom. The number of benzene rings is 2. The summed E-state index contributed by atoms with van der Waals surface area (Å²) in [4.78, 5) is 2.17. The summed E-state index contributed by atoms with van der Waals surface area (Å²) in [5.41, 5.74) is 2.16. The van der Waals surface area contributed by atoms with Crippen molar-refractivity contribution in [1.29, 1.82) is 0 Å². The van der Waals surface area contributed by atoms with Gasteiger partial charge in [-0.25, -0.2) is 0 Å². The summed E-state index contributed by atoms with van der Waals surface area (Å²) in [7, 11) is 4.16. The number of aromatic nitrogens is 3. The van der Waals surface area contributed by atoms with Crippen molar-refractivity contribution >= 4 is 11.8 Å². The fourth-order valence-electron chi connectivity index (χ4n) is 2.27. The molecule has 0 fully saturated rings. The zero-order valence-electron chi connectivity index (χ0n) is 13.4. The molecule has 2 aromatic carbocycles. The molecule has 0 unspecified atom stereocenters. The van der Waals surface area contributed by atoms with Crippen molar-refractivity contribution in [1.82, 2.24) is 19.7 Å². The van der Waals surface area contributed by atoms with Crippen LogP contribution in [-0.4, -0.2) is 46.1 Å². The molecule has 3 rings (SSSR count). The van der Waals surface area contributed by atoms with Crippen LogP contribution in [0.5, 0.6) is 0 Å². The maximum absolute atomic E-state index is 4.44. The first kappa shape index (κ1) is 15.8. The maximum Gasteiger partial charge on any atom is 0.196 e. The molecule has 3 aromatic rings. The van der Waals surface area contributed by atoms with E-state index in [0.29, 0.717) is 0 Å². The van der Waals surface area contributed by atoms with Crippen molar-refractivity contribution in [2.45, 2.75) is 5.16 Å². The number of nitrogens with zero attached hydrogens (tertiary/aromatic N) is 4. The largest absolute Gasteiger partial charge is 0.309 e. The first-order chi connectivity index (χ1) is 11.3. The number of hydrogen-bond acceptors (Lipinski definition) is 4. The SMILES string of the molecule is CN(C)CCSc1nnc(-c2ccccc2)n1-c1ccccc1. The minimum atomic E-state index is 0.879. The Hall–Kier alpha value is -2.11. The molecule has 0 atom stereocenters. The third-order valence-electron chi connectivity index (χ3n) is 3.45. The van der Waals surface area contributed by atoms with Crippen molar-refractivity contribution in [2.24, 2.45) is 0 Å². The van der Waals surface area contributed by atoms with Gasteiger partial charge in [0.05, 0.1) is 0 Å². The molecule has 118 valence electrons. The molecular weight excluding hydrogens is 304 g/mol. The topological polar surface area (TPSA) is 34.0 Å². The van der Waals surface area contributed by atoms with Crippen LogP contribution in [-0.2, 0) is 0 Å². The van der Waals surface area contributed by atoms with Gasteiger partial charge in [0.1, 0.15) is 0 Å². The number of hydrogen-bond donors (Lipinski definition) is 0. The molecule has 0 amide bonds. The van der Waals surface area contributed by atoms with Crippen molar-refractivity contribution in [2.75, 3.05) is 26.4 Å². The van der Waals surface area contributed by atoms with Gasteiger partial charge in [-0.1, -0.05) is 60.3 Å². The highest BCUT2D eigenvalue weighted by molar-refractivity contribution is 7.99. The molecule has 0 aliphatic carbocycles.